The smallest absolute Gasteiger partial charge is 0.255 e. The minimum atomic E-state index is -0.144. The molecule has 0 bridgehead atoms. The fourth-order valence-corrected chi connectivity index (χ4v) is 3.54. The monoisotopic (exact) mass is 426 g/mol. The van der Waals surface area contributed by atoms with Gasteiger partial charge in [-0.25, -0.2) is 0 Å². The number of rotatable bonds is 6. The van der Waals surface area contributed by atoms with Crippen molar-refractivity contribution in [3.63, 3.8) is 0 Å². The number of unbranched alkanes of at least 4 members (excludes halogenated alkanes) is 1. The Kier molecular flexibility index (Phi) is 6.11. The highest BCUT2D eigenvalue weighted by molar-refractivity contribution is 9.10. The summed E-state index contributed by atoms with van der Waals surface area (Å²) >= 11 is 3.46. The van der Waals surface area contributed by atoms with Crippen LogP contribution in [0.2, 0.25) is 0 Å². The molecule has 1 N–H and O–H groups in total. The molecule has 0 aliphatic rings. The van der Waals surface area contributed by atoms with Gasteiger partial charge in [-0.05, 0) is 64.5 Å². The maximum Gasteiger partial charge on any atom is 0.255 e. The molecule has 4 nitrogen and oxygen atoms in total. The van der Waals surface area contributed by atoms with Gasteiger partial charge in [0.1, 0.15) is 0 Å². The summed E-state index contributed by atoms with van der Waals surface area (Å²) in [5.74, 6) is -0.0701. The first-order chi connectivity index (χ1) is 13.0. The molecule has 0 spiro atoms. The van der Waals surface area contributed by atoms with Gasteiger partial charge in [-0.15, -0.1) is 0 Å². The molecular weight excluding hydrogens is 404 g/mol. The summed E-state index contributed by atoms with van der Waals surface area (Å²) in [6, 6.07) is 15.3. The van der Waals surface area contributed by atoms with Gasteiger partial charge in [0.05, 0.1) is 12.1 Å². The molecule has 3 aromatic rings. The number of hydrogen-bond donors (Lipinski definition) is 1. The number of pyridine rings is 1. The van der Waals surface area contributed by atoms with E-state index in [1.807, 2.05) is 49.4 Å². The largest absolute Gasteiger partial charge is 0.334 e. The minimum absolute atomic E-state index is 0.0701. The predicted molar refractivity (Wildman–Crippen MR) is 113 cm³/mol. The highest BCUT2D eigenvalue weighted by atomic mass is 79.9. The summed E-state index contributed by atoms with van der Waals surface area (Å²) in [6.45, 7) is 4.99. The summed E-state index contributed by atoms with van der Waals surface area (Å²) < 4.78 is 0.763. The zero-order valence-corrected chi connectivity index (χ0v) is 17.2. The van der Waals surface area contributed by atoms with Crippen molar-refractivity contribution >= 4 is 32.7 Å². The van der Waals surface area contributed by atoms with Crippen LogP contribution < -0.4 is 5.56 Å². The summed E-state index contributed by atoms with van der Waals surface area (Å²) in [7, 11) is 0. The van der Waals surface area contributed by atoms with Crippen molar-refractivity contribution in [1.82, 2.24) is 9.88 Å². The van der Waals surface area contributed by atoms with E-state index in [4.69, 9.17) is 0 Å². The lowest BCUT2D eigenvalue weighted by Gasteiger charge is -2.23. The maximum atomic E-state index is 13.1. The van der Waals surface area contributed by atoms with E-state index in [0.29, 0.717) is 24.2 Å². The molecule has 27 heavy (non-hydrogen) atoms. The van der Waals surface area contributed by atoms with E-state index in [2.05, 4.69) is 27.8 Å². The SMILES string of the molecule is CCCCN(Cc1cc2ccc(C)cc2[nH]c1=O)C(=O)c1ccccc1Br. The second kappa shape index (κ2) is 8.53. The van der Waals surface area contributed by atoms with Crippen LogP contribution in [0.3, 0.4) is 0 Å². The number of nitrogens with zero attached hydrogens (tertiary/aromatic N) is 1. The second-order valence-corrected chi connectivity index (χ2v) is 7.63. The highest BCUT2D eigenvalue weighted by Gasteiger charge is 2.19. The molecule has 0 unspecified atom stereocenters. The van der Waals surface area contributed by atoms with Gasteiger partial charge in [0, 0.05) is 22.1 Å². The van der Waals surface area contributed by atoms with E-state index < -0.39 is 0 Å². The first-order valence-electron chi connectivity index (χ1n) is 9.16. The van der Waals surface area contributed by atoms with E-state index in [-0.39, 0.29) is 11.5 Å². The number of carbonyl (C=O) groups is 1. The quantitative estimate of drug-likeness (QED) is 0.599. The Labute approximate surface area is 167 Å². The topological polar surface area (TPSA) is 53.2 Å². The Morgan fingerprint density at radius 1 is 1.15 bits per heavy atom. The second-order valence-electron chi connectivity index (χ2n) is 6.77. The van der Waals surface area contributed by atoms with Crippen LogP contribution in [0.15, 0.2) is 57.8 Å². The van der Waals surface area contributed by atoms with Crippen molar-refractivity contribution in [2.45, 2.75) is 33.2 Å². The predicted octanol–water partition coefficient (Wildman–Crippen LogP) is 5.04. The molecule has 0 aliphatic carbocycles. The number of hydrogen-bond acceptors (Lipinski definition) is 2. The summed E-state index contributed by atoms with van der Waals surface area (Å²) in [4.78, 5) is 30.4. The number of benzene rings is 2. The van der Waals surface area contributed by atoms with Crippen LogP contribution in [0, 0.1) is 6.92 Å². The molecule has 140 valence electrons. The van der Waals surface area contributed by atoms with Gasteiger partial charge in [-0.1, -0.05) is 37.6 Å². The summed E-state index contributed by atoms with van der Waals surface area (Å²) in [5.41, 5.74) is 2.99. The van der Waals surface area contributed by atoms with Crippen LogP contribution in [0.4, 0.5) is 0 Å². The van der Waals surface area contributed by atoms with Crippen molar-refractivity contribution in [2.24, 2.45) is 0 Å². The number of fused-ring (bicyclic) bond motifs is 1. The van der Waals surface area contributed by atoms with Gasteiger partial charge in [-0.2, -0.15) is 0 Å². The fraction of sp³-hybridized carbons (Fsp3) is 0.273. The standard InChI is InChI=1S/C22H23BrN2O2/c1-3-4-11-25(22(27)18-7-5-6-8-19(18)23)14-17-13-16-10-9-15(2)12-20(16)24-21(17)26/h5-10,12-13H,3-4,11,14H2,1-2H3,(H,24,26). The van der Waals surface area contributed by atoms with Crippen molar-refractivity contribution in [1.29, 1.82) is 0 Å². The fourth-order valence-electron chi connectivity index (χ4n) is 3.09. The molecule has 0 saturated carbocycles. The van der Waals surface area contributed by atoms with E-state index >= 15 is 0 Å². The molecular formula is C22H23BrN2O2. The van der Waals surface area contributed by atoms with Gasteiger partial charge >= 0.3 is 0 Å². The first kappa shape index (κ1) is 19.4. The summed E-state index contributed by atoms with van der Waals surface area (Å²) in [6.07, 6.45) is 1.87. The molecule has 5 heteroatoms. The molecule has 1 heterocycles. The first-order valence-corrected chi connectivity index (χ1v) is 9.95. The molecule has 0 radical (unpaired) electrons. The third-order valence-corrected chi connectivity index (χ3v) is 5.30. The lowest BCUT2D eigenvalue weighted by Crippen LogP contribution is -2.34. The maximum absolute atomic E-state index is 13.1. The molecule has 2 aromatic carbocycles. The number of amides is 1. The van der Waals surface area contributed by atoms with Crippen LogP contribution in [0.1, 0.15) is 41.3 Å². The van der Waals surface area contributed by atoms with Gasteiger partial charge in [0.15, 0.2) is 0 Å². The van der Waals surface area contributed by atoms with Gasteiger partial charge < -0.3 is 9.88 Å². The van der Waals surface area contributed by atoms with Crippen LogP contribution in [0.5, 0.6) is 0 Å². The number of nitrogens with one attached hydrogen (secondary N) is 1. The van der Waals surface area contributed by atoms with E-state index in [1.165, 1.54) is 0 Å². The average molecular weight is 427 g/mol. The van der Waals surface area contributed by atoms with Crippen LogP contribution in [0.25, 0.3) is 10.9 Å². The third-order valence-electron chi connectivity index (χ3n) is 4.61. The van der Waals surface area contributed by atoms with Gasteiger partial charge in [0.25, 0.3) is 11.5 Å². The van der Waals surface area contributed by atoms with Crippen molar-refractivity contribution in [3.8, 4) is 0 Å². The van der Waals surface area contributed by atoms with E-state index in [9.17, 15) is 9.59 Å². The Hall–Kier alpha value is -2.40. The normalized spacial score (nSPS) is 10.9. The Balaban J connectivity index is 1.95. The molecule has 1 amide bonds. The Morgan fingerprint density at radius 2 is 1.93 bits per heavy atom. The number of aromatic nitrogens is 1. The van der Waals surface area contributed by atoms with Crippen molar-refractivity contribution in [3.05, 3.63) is 80.0 Å². The lowest BCUT2D eigenvalue weighted by molar-refractivity contribution is 0.0739. The van der Waals surface area contributed by atoms with Gasteiger partial charge in [-0.3, -0.25) is 9.59 Å². The summed E-state index contributed by atoms with van der Waals surface area (Å²) in [5, 5.41) is 0.971. The number of halogens is 1. The average Bonchev–Trinajstić information content (AvgIpc) is 2.65. The molecule has 1 aromatic heterocycles. The van der Waals surface area contributed by atoms with Crippen molar-refractivity contribution < 1.29 is 4.79 Å². The Bertz CT molecular complexity index is 1030. The van der Waals surface area contributed by atoms with Crippen LogP contribution in [-0.2, 0) is 6.54 Å². The number of aromatic amines is 1. The van der Waals surface area contributed by atoms with Crippen molar-refractivity contribution in [2.75, 3.05) is 6.54 Å². The number of H-pyrrole nitrogens is 1. The Morgan fingerprint density at radius 3 is 2.67 bits per heavy atom. The highest BCUT2D eigenvalue weighted by Crippen LogP contribution is 2.20. The van der Waals surface area contributed by atoms with Crippen LogP contribution >= 0.6 is 15.9 Å². The minimum Gasteiger partial charge on any atom is -0.334 e. The molecule has 0 aliphatic heterocycles. The van der Waals surface area contributed by atoms with E-state index in [1.54, 1.807) is 11.0 Å². The van der Waals surface area contributed by atoms with E-state index in [0.717, 1.165) is 33.8 Å². The number of carbonyl (C=O) groups excluding carboxylic acids is 1. The molecule has 0 saturated heterocycles. The molecule has 0 atom stereocenters. The lowest BCUT2D eigenvalue weighted by atomic mass is 10.1. The zero-order valence-electron chi connectivity index (χ0n) is 15.6. The molecule has 0 fully saturated rings. The van der Waals surface area contributed by atoms with Gasteiger partial charge in [0.2, 0.25) is 0 Å². The zero-order chi connectivity index (χ0) is 19.4. The van der Waals surface area contributed by atoms with Crippen LogP contribution in [-0.4, -0.2) is 22.3 Å². The number of aryl methyl sites for hydroxylation is 1. The molecule has 3 rings (SSSR count). The third kappa shape index (κ3) is 4.48.